The molecule has 1 fully saturated rings. The number of Topliss-reactive ketones (excluding diaryl/α,β-unsaturated/α-hetero) is 1. The van der Waals surface area contributed by atoms with Crippen molar-refractivity contribution in [3.63, 3.8) is 0 Å². The average molecular weight is 287 g/mol. The molecule has 0 spiro atoms. The molecule has 2 rings (SSSR count). The van der Waals surface area contributed by atoms with Gasteiger partial charge in [-0.15, -0.1) is 11.8 Å². The molecule has 0 aromatic heterocycles. The topological polar surface area (TPSA) is 17.1 Å². The summed E-state index contributed by atoms with van der Waals surface area (Å²) < 4.78 is 0. The molecule has 92 valence electrons. The lowest BCUT2D eigenvalue weighted by molar-refractivity contribution is 0.0988. The summed E-state index contributed by atoms with van der Waals surface area (Å²) in [5.41, 5.74) is 0.674. The van der Waals surface area contributed by atoms with Crippen LogP contribution in [-0.4, -0.2) is 27.8 Å². The molecule has 1 aromatic rings. The number of hydrogen-bond donors (Lipinski definition) is 0. The summed E-state index contributed by atoms with van der Waals surface area (Å²) in [5, 5.41) is 1.07. The molecule has 2 unspecified atom stereocenters. The molecule has 0 radical (unpaired) electrons. The smallest absolute Gasteiger partial charge is 0.178 e. The predicted octanol–water partition coefficient (Wildman–Crippen LogP) is 4.15. The van der Waals surface area contributed by atoms with Gasteiger partial charge in [-0.1, -0.05) is 30.7 Å². The zero-order valence-corrected chi connectivity index (χ0v) is 12.1. The second kappa shape index (κ2) is 6.17. The Morgan fingerprint density at radius 2 is 2.06 bits per heavy atom. The molecule has 1 aromatic carbocycles. The van der Waals surface area contributed by atoms with E-state index in [0.717, 1.165) is 17.9 Å². The minimum absolute atomic E-state index is 0.0682. The molecule has 0 N–H and O–H groups in total. The van der Waals surface area contributed by atoms with Gasteiger partial charge >= 0.3 is 0 Å². The normalized spacial score (nSPS) is 24.6. The maximum atomic E-state index is 12.5. The van der Waals surface area contributed by atoms with Gasteiger partial charge in [-0.05, 0) is 18.6 Å². The zero-order valence-electron chi connectivity index (χ0n) is 9.69. The van der Waals surface area contributed by atoms with Gasteiger partial charge in [0.05, 0.1) is 10.3 Å². The van der Waals surface area contributed by atoms with Gasteiger partial charge in [-0.2, -0.15) is 11.8 Å². The van der Waals surface area contributed by atoms with E-state index in [1.807, 2.05) is 30.0 Å². The lowest BCUT2D eigenvalue weighted by Crippen LogP contribution is -2.32. The Balaban J connectivity index is 2.21. The summed E-state index contributed by atoms with van der Waals surface area (Å²) >= 11 is 9.79. The van der Waals surface area contributed by atoms with Crippen LogP contribution in [0, 0.1) is 0 Å². The number of carbonyl (C=O) groups excluding carboxylic acids is 1. The second-order valence-electron chi connectivity index (χ2n) is 3.95. The van der Waals surface area contributed by atoms with Crippen molar-refractivity contribution in [2.45, 2.75) is 23.8 Å². The van der Waals surface area contributed by atoms with E-state index in [-0.39, 0.29) is 11.0 Å². The zero-order chi connectivity index (χ0) is 12.3. The maximum Gasteiger partial charge on any atom is 0.178 e. The Bertz CT molecular complexity index is 408. The Kier molecular flexibility index (Phi) is 4.83. The number of benzene rings is 1. The van der Waals surface area contributed by atoms with Crippen LogP contribution in [0.1, 0.15) is 23.7 Å². The standard InChI is InChI=1S/C13H15ClOS2/c1-2-11-13(17-8-7-16-11)12(15)9-5-3-4-6-10(9)14/h3-6,11,13H,2,7-8H2,1H3. The van der Waals surface area contributed by atoms with E-state index in [1.165, 1.54) is 0 Å². The summed E-state index contributed by atoms with van der Waals surface area (Å²) in [4.78, 5) is 12.5. The van der Waals surface area contributed by atoms with Gasteiger partial charge in [0.25, 0.3) is 0 Å². The number of hydrogen-bond acceptors (Lipinski definition) is 3. The van der Waals surface area contributed by atoms with Gasteiger partial charge in [0.1, 0.15) is 0 Å². The molecular formula is C13H15ClOS2. The van der Waals surface area contributed by atoms with Crippen molar-refractivity contribution in [3.8, 4) is 0 Å². The number of halogens is 1. The van der Waals surface area contributed by atoms with Gasteiger partial charge in [0.2, 0.25) is 0 Å². The van der Waals surface area contributed by atoms with E-state index < -0.39 is 0 Å². The minimum atomic E-state index is 0.0682. The first-order valence-corrected chi connectivity index (χ1v) is 8.23. The third kappa shape index (κ3) is 3.01. The second-order valence-corrected chi connectivity index (χ2v) is 6.96. The van der Waals surface area contributed by atoms with E-state index in [2.05, 4.69) is 6.92 Å². The molecule has 17 heavy (non-hydrogen) atoms. The highest BCUT2D eigenvalue weighted by Gasteiger charge is 2.32. The van der Waals surface area contributed by atoms with Crippen LogP contribution in [0.5, 0.6) is 0 Å². The Morgan fingerprint density at radius 3 is 2.76 bits per heavy atom. The van der Waals surface area contributed by atoms with Crippen LogP contribution in [0.3, 0.4) is 0 Å². The van der Waals surface area contributed by atoms with Crippen LogP contribution in [0.25, 0.3) is 0 Å². The largest absolute Gasteiger partial charge is 0.293 e. The van der Waals surface area contributed by atoms with Crippen molar-refractivity contribution in [1.82, 2.24) is 0 Å². The Hall–Kier alpha value is -0.120. The lowest BCUT2D eigenvalue weighted by atomic mass is 10.0. The summed E-state index contributed by atoms with van der Waals surface area (Å²) in [7, 11) is 0. The quantitative estimate of drug-likeness (QED) is 0.777. The maximum absolute atomic E-state index is 12.5. The molecule has 1 nitrogen and oxygen atoms in total. The van der Waals surface area contributed by atoms with E-state index in [4.69, 9.17) is 11.6 Å². The first-order chi connectivity index (χ1) is 8.24. The third-order valence-corrected chi connectivity index (χ3v) is 6.43. The molecular weight excluding hydrogens is 272 g/mol. The van der Waals surface area contributed by atoms with Crippen molar-refractivity contribution in [3.05, 3.63) is 34.9 Å². The summed E-state index contributed by atoms with van der Waals surface area (Å²) in [6.07, 6.45) is 1.04. The highest BCUT2D eigenvalue weighted by Crippen LogP contribution is 2.36. The molecule has 1 heterocycles. The van der Waals surface area contributed by atoms with E-state index in [0.29, 0.717) is 15.8 Å². The molecule has 0 amide bonds. The van der Waals surface area contributed by atoms with Crippen LogP contribution in [0.4, 0.5) is 0 Å². The van der Waals surface area contributed by atoms with Gasteiger partial charge < -0.3 is 0 Å². The van der Waals surface area contributed by atoms with Crippen molar-refractivity contribution < 1.29 is 4.79 Å². The van der Waals surface area contributed by atoms with E-state index in [1.54, 1.807) is 17.8 Å². The highest BCUT2D eigenvalue weighted by atomic mass is 35.5. The van der Waals surface area contributed by atoms with Crippen LogP contribution in [-0.2, 0) is 0 Å². The lowest BCUT2D eigenvalue weighted by Gasteiger charge is -2.28. The summed E-state index contributed by atoms with van der Waals surface area (Å²) in [6.45, 7) is 2.15. The summed E-state index contributed by atoms with van der Waals surface area (Å²) in [6, 6.07) is 7.35. The SMILES string of the molecule is CCC1SCCSC1C(=O)c1ccccc1Cl. The average Bonchev–Trinajstić information content (AvgIpc) is 2.38. The van der Waals surface area contributed by atoms with Crippen molar-refractivity contribution >= 4 is 40.9 Å². The van der Waals surface area contributed by atoms with Crippen molar-refractivity contribution in [1.29, 1.82) is 0 Å². The molecule has 1 aliphatic heterocycles. The van der Waals surface area contributed by atoms with Crippen LogP contribution >= 0.6 is 35.1 Å². The summed E-state index contributed by atoms with van der Waals surface area (Å²) in [5.74, 6) is 2.40. The van der Waals surface area contributed by atoms with Gasteiger partial charge in [-0.3, -0.25) is 4.79 Å². The Morgan fingerprint density at radius 1 is 1.35 bits per heavy atom. The fourth-order valence-electron chi connectivity index (χ4n) is 1.96. The fraction of sp³-hybridized carbons (Fsp3) is 0.462. The highest BCUT2D eigenvalue weighted by molar-refractivity contribution is 8.07. The first kappa shape index (κ1) is 13.3. The van der Waals surface area contributed by atoms with Gasteiger partial charge in [0, 0.05) is 22.3 Å². The van der Waals surface area contributed by atoms with E-state index >= 15 is 0 Å². The van der Waals surface area contributed by atoms with Gasteiger partial charge in [0.15, 0.2) is 5.78 Å². The van der Waals surface area contributed by atoms with Crippen LogP contribution in [0.2, 0.25) is 5.02 Å². The number of thioether (sulfide) groups is 2. The fourth-order valence-corrected chi connectivity index (χ4v) is 5.21. The van der Waals surface area contributed by atoms with Crippen molar-refractivity contribution in [2.75, 3.05) is 11.5 Å². The molecule has 1 saturated heterocycles. The van der Waals surface area contributed by atoms with Crippen LogP contribution < -0.4 is 0 Å². The number of ketones is 1. The number of rotatable bonds is 3. The minimum Gasteiger partial charge on any atom is -0.293 e. The van der Waals surface area contributed by atoms with Gasteiger partial charge in [-0.25, -0.2) is 0 Å². The Labute approximate surface area is 116 Å². The molecule has 1 aliphatic rings. The third-order valence-electron chi connectivity index (χ3n) is 2.85. The number of carbonyl (C=O) groups is 1. The predicted molar refractivity (Wildman–Crippen MR) is 78.6 cm³/mol. The first-order valence-electron chi connectivity index (χ1n) is 5.76. The molecule has 4 heteroatoms. The molecule has 0 bridgehead atoms. The monoisotopic (exact) mass is 286 g/mol. The van der Waals surface area contributed by atoms with E-state index in [9.17, 15) is 4.79 Å². The van der Waals surface area contributed by atoms with Crippen LogP contribution in [0.15, 0.2) is 24.3 Å². The van der Waals surface area contributed by atoms with Crippen molar-refractivity contribution in [2.24, 2.45) is 0 Å². The molecule has 0 saturated carbocycles. The molecule has 0 aliphatic carbocycles. The molecule has 2 atom stereocenters.